The van der Waals surface area contributed by atoms with Crippen LogP contribution in [-0.2, 0) is 0 Å². The van der Waals surface area contributed by atoms with Gasteiger partial charge in [-0.05, 0) is 25.1 Å². The topological polar surface area (TPSA) is 29.0 Å². The first kappa shape index (κ1) is 11.0. The van der Waals surface area contributed by atoms with Crippen LogP contribution in [0.2, 0.25) is 0 Å². The minimum absolute atomic E-state index is 0.755. The minimum Gasteiger partial charge on any atom is -0.313 e. The van der Waals surface area contributed by atoms with E-state index in [9.17, 15) is 0 Å². The van der Waals surface area contributed by atoms with Gasteiger partial charge in [-0.3, -0.25) is 0 Å². The molecule has 82 valence electrons. The Bertz CT molecular complexity index is 442. The van der Waals surface area contributed by atoms with Crippen molar-refractivity contribution in [3.8, 4) is 0 Å². The van der Waals surface area contributed by atoms with Crippen molar-refractivity contribution in [1.29, 1.82) is 0 Å². The molecule has 0 spiro atoms. The first-order chi connectivity index (χ1) is 7.75. The number of hydrogen-bond donors (Lipinski definition) is 0. The molecule has 0 fully saturated rings. The van der Waals surface area contributed by atoms with Crippen molar-refractivity contribution in [2.45, 2.75) is 12.1 Å². The van der Waals surface area contributed by atoms with E-state index < -0.39 is 0 Å². The van der Waals surface area contributed by atoms with Gasteiger partial charge in [0.15, 0.2) is 0 Å². The normalized spacial score (nSPS) is 10.1. The van der Waals surface area contributed by atoms with Gasteiger partial charge in [0.05, 0.1) is 0 Å². The Labute approximate surface area is 99.7 Å². The van der Waals surface area contributed by atoms with Gasteiger partial charge in [0, 0.05) is 37.1 Å². The monoisotopic (exact) mass is 231 g/mol. The van der Waals surface area contributed by atoms with Crippen molar-refractivity contribution in [2.75, 3.05) is 11.4 Å². The number of nitrogens with zero attached hydrogens (tertiary/aromatic N) is 3. The van der Waals surface area contributed by atoms with Crippen LogP contribution in [0.1, 0.15) is 5.56 Å². The smallest absolute Gasteiger partial charge is 0.208 e. The lowest BCUT2D eigenvalue weighted by Crippen LogP contribution is -2.07. The molecule has 4 heteroatoms. The third kappa shape index (κ3) is 2.73. The molecule has 0 bridgehead atoms. The first-order valence-corrected chi connectivity index (χ1v) is 5.78. The molecule has 0 aliphatic heterocycles. The van der Waals surface area contributed by atoms with Crippen LogP contribution >= 0.6 is 11.9 Å². The van der Waals surface area contributed by atoms with E-state index in [2.05, 4.69) is 45.5 Å². The number of aryl methyl sites for hydroxylation is 1. The minimum atomic E-state index is 0.755. The average molecular weight is 231 g/mol. The zero-order chi connectivity index (χ0) is 11.4. The van der Waals surface area contributed by atoms with Crippen LogP contribution in [0.3, 0.4) is 0 Å². The second kappa shape index (κ2) is 4.99. The van der Waals surface area contributed by atoms with Crippen LogP contribution in [0.25, 0.3) is 0 Å². The Kier molecular flexibility index (Phi) is 3.41. The molecule has 0 aliphatic carbocycles. The summed E-state index contributed by atoms with van der Waals surface area (Å²) in [5.74, 6) is 0. The van der Waals surface area contributed by atoms with Crippen LogP contribution in [0.15, 0.2) is 47.9 Å². The standard InChI is InChI=1S/C12H13N3S/c1-10-4-6-11(7-5-10)15(2)16-12-13-8-3-9-14-12/h3-9H,1-2H3. The molecule has 2 aromatic rings. The van der Waals surface area contributed by atoms with Crippen molar-refractivity contribution < 1.29 is 0 Å². The lowest BCUT2D eigenvalue weighted by Gasteiger charge is -2.16. The lowest BCUT2D eigenvalue weighted by molar-refractivity contribution is 0.965. The van der Waals surface area contributed by atoms with Crippen molar-refractivity contribution in [2.24, 2.45) is 0 Å². The molecule has 3 nitrogen and oxygen atoms in total. The van der Waals surface area contributed by atoms with Crippen molar-refractivity contribution in [1.82, 2.24) is 9.97 Å². The Morgan fingerprint density at radius 3 is 2.31 bits per heavy atom. The molecular formula is C12H13N3S. The predicted octanol–water partition coefficient (Wildman–Crippen LogP) is 2.93. The number of benzene rings is 1. The van der Waals surface area contributed by atoms with E-state index in [4.69, 9.17) is 0 Å². The highest BCUT2D eigenvalue weighted by Crippen LogP contribution is 2.24. The van der Waals surface area contributed by atoms with Gasteiger partial charge in [-0.25, -0.2) is 9.97 Å². The molecule has 1 heterocycles. The average Bonchev–Trinajstić information content (AvgIpc) is 2.31. The summed E-state index contributed by atoms with van der Waals surface area (Å²) in [7, 11) is 2.01. The summed E-state index contributed by atoms with van der Waals surface area (Å²) in [5.41, 5.74) is 2.40. The SMILES string of the molecule is Cc1ccc(N(C)Sc2ncccn2)cc1. The fourth-order valence-corrected chi connectivity index (χ4v) is 1.95. The van der Waals surface area contributed by atoms with Gasteiger partial charge in [0.1, 0.15) is 0 Å². The van der Waals surface area contributed by atoms with Crippen LogP contribution in [-0.4, -0.2) is 17.0 Å². The molecule has 2 rings (SSSR count). The Balaban J connectivity index is 2.09. The first-order valence-electron chi connectivity index (χ1n) is 5.01. The maximum Gasteiger partial charge on any atom is 0.208 e. The molecular weight excluding hydrogens is 218 g/mol. The molecule has 0 unspecified atom stereocenters. The van der Waals surface area contributed by atoms with Crippen LogP contribution < -0.4 is 4.31 Å². The van der Waals surface area contributed by atoms with E-state index >= 15 is 0 Å². The van der Waals surface area contributed by atoms with E-state index in [1.165, 1.54) is 17.5 Å². The van der Waals surface area contributed by atoms with Crippen LogP contribution in [0.4, 0.5) is 5.69 Å². The summed E-state index contributed by atoms with van der Waals surface area (Å²) in [6.07, 6.45) is 3.50. The Hall–Kier alpha value is -1.55. The molecule has 0 saturated carbocycles. The summed E-state index contributed by atoms with van der Waals surface area (Å²) < 4.78 is 2.05. The third-order valence-corrected chi connectivity index (χ3v) is 3.02. The number of hydrogen-bond acceptors (Lipinski definition) is 4. The molecule has 0 amide bonds. The van der Waals surface area contributed by atoms with Crippen molar-refractivity contribution in [3.05, 3.63) is 48.3 Å². The largest absolute Gasteiger partial charge is 0.313 e. The Morgan fingerprint density at radius 2 is 1.69 bits per heavy atom. The van der Waals surface area contributed by atoms with Crippen LogP contribution in [0, 0.1) is 6.92 Å². The van der Waals surface area contributed by atoms with Crippen LogP contribution in [0.5, 0.6) is 0 Å². The number of anilines is 1. The molecule has 0 radical (unpaired) electrons. The molecule has 0 atom stereocenters. The van der Waals surface area contributed by atoms with E-state index in [0.29, 0.717) is 0 Å². The summed E-state index contributed by atoms with van der Waals surface area (Å²) in [5, 5.41) is 0.755. The van der Waals surface area contributed by atoms with E-state index in [0.717, 1.165) is 10.8 Å². The van der Waals surface area contributed by atoms with Gasteiger partial charge in [0.25, 0.3) is 0 Å². The maximum absolute atomic E-state index is 4.17. The summed E-state index contributed by atoms with van der Waals surface area (Å²) >= 11 is 1.51. The molecule has 0 aliphatic rings. The summed E-state index contributed by atoms with van der Waals surface area (Å²) in [6.45, 7) is 2.08. The third-order valence-electron chi connectivity index (χ3n) is 2.16. The molecule has 0 saturated heterocycles. The van der Waals surface area contributed by atoms with Gasteiger partial charge >= 0.3 is 0 Å². The fourth-order valence-electron chi connectivity index (χ4n) is 1.26. The quantitative estimate of drug-likeness (QED) is 0.600. The van der Waals surface area contributed by atoms with E-state index in [-0.39, 0.29) is 0 Å². The van der Waals surface area contributed by atoms with Gasteiger partial charge in [-0.15, -0.1) is 0 Å². The van der Waals surface area contributed by atoms with Gasteiger partial charge in [-0.1, -0.05) is 17.7 Å². The number of rotatable bonds is 3. The van der Waals surface area contributed by atoms with E-state index in [1.54, 1.807) is 12.4 Å². The second-order valence-electron chi connectivity index (χ2n) is 3.46. The highest BCUT2D eigenvalue weighted by Gasteiger charge is 2.04. The summed E-state index contributed by atoms with van der Waals surface area (Å²) in [6, 6.07) is 10.2. The Morgan fingerprint density at radius 1 is 1.06 bits per heavy atom. The molecule has 0 N–H and O–H groups in total. The zero-order valence-electron chi connectivity index (χ0n) is 9.29. The summed E-state index contributed by atoms with van der Waals surface area (Å²) in [4.78, 5) is 8.34. The predicted molar refractivity (Wildman–Crippen MR) is 67.5 cm³/mol. The van der Waals surface area contributed by atoms with Gasteiger partial charge in [-0.2, -0.15) is 0 Å². The highest BCUT2D eigenvalue weighted by molar-refractivity contribution is 8.00. The zero-order valence-corrected chi connectivity index (χ0v) is 10.1. The molecule has 16 heavy (non-hydrogen) atoms. The van der Waals surface area contributed by atoms with E-state index in [1.807, 2.05) is 13.1 Å². The number of aromatic nitrogens is 2. The fraction of sp³-hybridized carbons (Fsp3) is 0.167. The van der Waals surface area contributed by atoms with Gasteiger partial charge in [0.2, 0.25) is 5.16 Å². The van der Waals surface area contributed by atoms with Crippen molar-refractivity contribution >= 4 is 17.6 Å². The van der Waals surface area contributed by atoms with Gasteiger partial charge < -0.3 is 4.31 Å². The molecule has 1 aromatic carbocycles. The molecule has 1 aromatic heterocycles. The van der Waals surface area contributed by atoms with Crippen molar-refractivity contribution in [3.63, 3.8) is 0 Å². The maximum atomic E-state index is 4.17. The highest BCUT2D eigenvalue weighted by atomic mass is 32.2. The second-order valence-corrected chi connectivity index (χ2v) is 4.55. The lowest BCUT2D eigenvalue weighted by atomic mass is 10.2.